The quantitative estimate of drug-likeness (QED) is 0.553. The fraction of sp³-hybridized carbons (Fsp3) is 0.480. The van der Waals surface area contributed by atoms with Crippen LogP contribution in [-0.2, 0) is 38.4 Å². The monoisotopic (exact) mass is 539 g/mol. The van der Waals surface area contributed by atoms with Crippen molar-refractivity contribution in [2.45, 2.75) is 31.7 Å². The highest BCUT2D eigenvalue weighted by molar-refractivity contribution is 7.88. The van der Waals surface area contributed by atoms with Crippen LogP contribution in [-0.4, -0.2) is 62.9 Å². The van der Waals surface area contributed by atoms with Crippen molar-refractivity contribution < 1.29 is 17.9 Å². The Morgan fingerprint density at radius 3 is 2.17 bits per heavy atom. The third kappa shape index (κ3) is 7.18. The zero-order valence-corrected chi connectivity index (χ0v) is 21.9. The Bertz CT molecular complexity index is 1090. The third-order valence-corrected chi connectivity index (χ3v) is 9.12. The maximum atomic E-state index is 12.9. The summed E-state index contributed by atoms with van der Waals surface area (Å²) in [4.78, 5) is 15.1. The Balaban J connectivity index is 1.23. The molecule has 2 aliphatic rings. The molecule has 1 amide bonds. The van der Waals surface area contributed by atoms with Crippen molar-refractivity contribution in [3.05, 3.63) is 69.2 Å². The van der Waals surface area contributed by atoms with Gasteiger partial charge in [-0.3, -0.25) is 9.69 Å². The van der Waals surface area contributed by atoms with Crippen molar-refractivity contribution in [1.29, 1.82) is 0 Å². The van der Waals surface area contributed by atoms with Gasteiger partial charge in [0.2, 0.25) is 15.9 Å². The molecule has 2 heterocycles. The molecule has 0 unspecified atom stereocenters. The van der Waals surface area contributed by atoms with Crippen molar-refractivity contribution in [2.24, 2.45) is 5.92 Å². The van der Waals surface area contributed by atoms with Gasteiger partial charge < -0.3 is 10.1 Å². The van der Waals surface area contributed by atoms with Crippen LogP contribution >= 0.6 is 23.2 Å². The Morgan fingerprint density at radius 2 is 1.54 bits per heavy atom. The van der Waals surface area contributed by atoms with Crippen LogP contribution in [0.4, 0.5) is 0 Å². The molecule has 2 fully saturated rings. The summed E-state index contributed by atoms with van der Waals surface area (Å²) in [6.07, 6.45) is 0.972. The summed E-state index contributed by atoms with van der Waals surface area (Å²) < 4.78 is 32.6. The number of hydrogen-bond acceptors (Lipinski definition) is 5. The van der Waals surface area contributed by atoms with Crippen molar-refractivity contribution in [1.82, 2.24) is 14.5 Å². The highest BCUT2D eigenvalue weighted by Crippen LogP contribution is 2.29. The average Bonchev–Trinajstić information content (AvgIpc) is 2.86. The standard InChI is InChI=1S/C25H31Cl2N3O4S/c26-23-2-1-3-24(27)22(23)18-35(32,33)30-10-8-21(9-11-30)25(31)28-16-19-4-6-20(7-5-19)17-29-12-14-34-15-13-29/h1-7,21H,8-18H2,(H,28,31). The number of halogens is 2. The van der Waals surface area contributed by atoms with Gasteiger partial charge in [0.15, 0.2) is 0 Å². The molecule has 2 aliphatic heterocycles. The normalized spacial score (nSPS) is 18.5. The van der Waals surface area contributed by atoms with E-state index in [-0.39, 0.29) is 17.6 Å². The zero-order valence-electron chi connectivity index (χ0n) is 19.6. The van der Waals surface area contributed by atoms with Crippen molar-refractivity contribution in [3.63, 3.8) is 0 Å². The van der Waals surface area contributed by atoms with Crippen LogP contribution in [0.2, 0.25) is 10.0 Å². The SMILES string of the molecule is O=C(NCc1ccc(CN2CCOCC2)cc1)C1CCN(S(=O)(=O)Cc2c(Cl)cccc2Cl)CC1. The second kappa shape index (κ2) is 12.0. The van der Waals surface area contributed by atoms with E-state index in [0.29, 0.717) is 48.1 Å². The first kappa shape index (κ1) is 26.4. The van der Waals surface area contributed by atoms with Crippen LogP contribution in [0.5, 0.6) is 0 Å². The van der Waals surface area contributed by atoms with Crippen LogP contribution < -0.4 is 5.32 Å². The molecule has 0 aromatic heterocycles. The van der Waals surface area contributed by atoms with E-state index in [9.17, 15) is 13.2 Å². The predicted octanol–water partition coefficient (Wildman–Crippen LogP) is 3.68. The highest BCUT2D eigenvalue weighted by atomic mass is 35.5. The minimum atomic E-state index is -3.58. The van der Waals surface area contributed by atoms with E-state index in [1.807, 2.05) is 12.1 Å². The lowest BCUT2D eigenvalue weighted by molar-refractivity contribution is -0.126. The second-order valence-corrected chi connectivity index (χ2v) is 11.8. The smallest absolute Gasteiger partial charge is 0.223 e. The number of nitrogens with one attached hydrogen (secondary N) is 1. The first-order chi connectivity index (χ1) is 16.8. The minimum absolute atomic E-state index is 0.0337. The lowest BCUT2D eigenvalue weighted by Crippen LogP contribution is -2.43. The summed E-state index contributed by atoms with van der Waals surface area (Å²) in [5, 5.41) is 3.68. The Kier molecular flexibility index (Phi) is 9.07. The summed E-state index contributed by atoms with van der Waals surface area (Å²) in [5.74, 6) is -0.483. The van der Waals surface area contributed by atoms with Gasteiger partial charge in [-0.15, -0.1) is 0 Å². The van der Waals surface area contributed by atoms with Gasteiger partial charge in [0.25, 0.3) is 0 Å². The molecule has 0 bridgehead atoms. The number of sulfonamides is 1. The molecule has 0 radical (unpaired) electrons. The van der Waals surface area contributed by atoms with Crippen LogP contribution in [0.25, 0.3) is 0 Å². The Hall–Kier alpha value is -1.68. The molecule has 1 N–H and O–H groups in total. The number of morpholine rings is 1. The van der Waals surface area contributed by atoms with E-state index in [0.717, 1.165) is 38.4 Å². The van der Waals surface area contributed by atoms with Gasteiger partial charge in [-0.2, -0.15) is 0 Å². The number of benzene rings is 2. The van der Waals surface area contributed by atoms with Crippen LogP contribution in [0, 0.1) is 5.92 Å². The molecular formula is C25H31Cl2N3O4S. The minimum Gasteiger partial charge on any atom is -0.379 e. The molecule has 0 spiro atoms. The molecule has 4 rings (SSSR count). The van der Waals surface area contributed by atoms with Crippen molar-refractivity contribution in [3.8, 4) is 0 Å². The number of ether oxygens (including phenoxy) is 1. The molecule has 7 nitrogen and oxygen atoms in total. The van der Waals surface area contributed by atoms with Crippen molar-refractivity contribution in [2.75, 3.05) is 39.4 Å². The van der Waals surface area contributed by atoms with Gasteiger partial charge in [-0.1, -0.05) is 53.5 Å². The third-order valence-electron chi connectivity index (χ3n) is 6.61. The number of amides is 1. The van der Waals surface area contributed by atoms with Crippen molar-refractivity contribution >= 4 is 39.1 Å². The molecule has 2 aromatic carbocycles. The molecule has 0 atom stereocenters. The summed E-state index contributed by atoms with van der Waals surface area (Å²) >= 11 is 12.3. The number of carbonyl (C=O) groups excluding carboxylic acids is 1. The topological polar surface area (TPSA) is 79.0 Å². The Labute approximate surface area is 217 Å². The lowest BCUT2D eigenvalue weighted by Gasteiger charge is -2.30. The molecular weight excluding hydrogens is 509 g/mol. The molecule has 0 aliphatic carbocycles. The number of piperidine rings is 1. The number of hydrogen-bond donors (Lipinski definition) is 1. The fourth-order valence-corrected chi connectivity index (χ4v) is 6.77. The number of nitrogens with zero attached hydrogens (tertiary/aromatic N) is 2. The predicted molar refractivity (Wildman–Crippen MR) is 138 cm³/mol. The van der Waals surface area contributed by atoms with Gasteiger partial charge in [-0.05, 0) is 36.1 Å². The first-order valence-electron chi connectivity index (χ1n) is 11.9. The molecule has 0 saturated carbocycles. The van der Waals surface area contributed by atoms with E-state index in [1.165, 1.54) is 9.87 Å². The zero-order chi connectivity index (χ0) is 24.8. The highest BCUT2D eigenvalue weighted by Gasteiger charge is 2.32. The van der Waals surface area contributed by atoms with Crippen LogP contribution in [0.15, 0.2) is 42.5 Å². The van der Waals surface area contributed by atoms with Gasteiger partial charge >= 0.3 is 0 Å². The largest absolute Gasteiger partial charge is 0.379 e. The van der Waals surface area contributed by atoms with E-state index in [4.69, 9.17) is 27.9 Å². The van der Waals surface area contributed by atoms with E-state index < -0.39 is 10.0 Å². The lowest BCUT2D eigenvalue weighted by atomic mass is 9.97. The summed E-state index contributed by atoms with van der Waals surface area (Å²) in [6.45, 7) is 5.44. The van der Waals surface area contributed by atoms with E-state index in [2.05, 4.69) is 22.3 Å². The fourth-order valence-electron chi connectivity index (χ4n) is 4.45. The summed E-state index contributed by atoms with van der Waals surface area (Å²) in [5.41, 5.74) is 2.70. The summed E-state index contributed by atoms with van der Waals surface area (Å²) in [6, 6.07) is 13.2. The Morgan fingerprint density at radius 1 is 0.943 bits per heavy atom. The van der Waals surface area contributed by atoms with Gasteiger partial charge in [-0.25, -0.2) is 12.7 Å². The van der Waals surface area contributed by atoms with Gasteiger partial charge in [0, 0.05) is 60.8 Å². The number of rotatable bonds is 8. The molecule has 190 valence electrons. The second-order valence-electron chi connectivity index (χ2n) is 9.05. The van der Waals surface area contributed by atoms with Gasteiger partial charge in [0.05, 0.1) is 19.0 Å². The molecule has 10 heteroatoms. The maximum absolute atomic E-state index is 12.9. The average molecular weight is 541 g/mol. The molecule has 35 heavy (non-hydrogen) atoms. The van der Waals surface area contributed by atoms with Gasteiger partial charge in [0.1, 0.15) is 0 Å². The first-order valence-corrected chi connectivity index (χ1v) is 14.2. The van der Waals surface area contributed by atoms with Crippen LogP contribution in [0.1, 0.15) is 29.5 Å². The molecule has 2 aromatic rings. The van der Waals surface area contributed by atoms with E-state index >= 15 is 0 Å². The number of carbonyl (C=O) groups is 1. The van der Waals surface area contributed by atoms with E-state index in [1.54, 1.807) is 18.2 Å². The summed E-state index contributed by atoms with van der Waals surface area (Å²) in [7, 11) is -3.58. The molecule has 2 saturated heterocycles. The maximum Gasteiger partial charge on any atom is 0.223 e. The van der Waals surface area contributed by atoms with Crippen LogP contribution in [0.3, 0.4) is 0 Å².